The number of hydrogen-bond donors (Lipinski definition) is 0. The van der Waals surface area contributed by atoms with E-state index in [1.165, 1.54) is 12.1 Å². The molecule has 0 amide bonds. The maximum atomic E-state index is 10.7. The largest absolute Gasteiger partial charge is 0.269 e. The van der Waals surface area contributed by atoms with Gasteiger partial charge in [-0.1, -0.05) is 48.5 Å². The van der Waals surface area contributed by atoms with Crippen molar-refractivity contribution in [1.82, 2.24) is 0 Å². The summed E-state index contributed by atoms with van der Waals surface area (Å²) in [4.78, 5) is 10.3. The second-order valence-electron chi connectivity index (χ2n) is 4.67. The quantitative estimate of drug-likeness (QED) is 0.512. The summed E-state index contributed by atoms with van der Waals surface area (Å²) in [6, 6.07) is 25.5. The first-order chi connectivity index (χ1) is 10.2. The van der Waals surface area contributed by atoms with Crippen molar-refractivity contribution in [3.8, 4) is 22.3 Å². The Morgan fingerprint density at radius 2 is 1.05 bits per heavy atom. The number of nitro groups is 1. The average molecular weight is 274 g/mol. The normalized spacial score (nSPS) is 10.3. The summed E-state index contributed by atoms with van der Waals surface area (Å²) in [6.07, 6.45) is 0. The highest BCUT2D eigenvalue weighted by atomic mass is 16.6. The van der Waals surface area contributed by atoms with Crippen LogP contribution in [0.3, 0.4) is 0 Å². The monoisotopic (exact) mass is 274 g/mol. The lowest BCUT2D eigenvalue weighted by Gasteiger charge is -2.05. The molecule has 3 aromatic carbocycles. The number of rotatable bonds is 3. The van der Waals surface area contributed by atoms with Gasteiger partial charge in [0.1, 0.15) is 0 Å². The maximum absolute atomic E-state index is 10.7. The first-order valence-corrected chi connectivity index (χ1v) is 6.55. The van der Waals surface area contributed by atoms with Crippen LogP contribution in [0.2, 0.25) is 0 Å². The summed E-state index contributed by atoms with van der Waals surface area (Å²) in [5.74, 6) is 0. The fourth-order valence-corrected chi connectivity index (χ4v) is 2.21. The molecule has 3 nitrogen and oxygen atoms in total. The Balaban J connectivity index is 1.89. The molecule has 1 radical (unpaired) electrons. The molecular formula is C18H12NO2. The number of nitrogens with zero attached hydrogens (tertiary/aromatic N) is 1. The van der Waals surface area contributed by atoms with E-state index < -0.39 is 0 Å². The second-order valence-corrected chi connectivity index (χ2v) is 4.67. The van der Waals surface area contributed by atoms with Crippen molar-refractivity contribution >= 4 is 5.69 Å². The molecule has 0 aromatic heterocycles. The maximum Gasteiger partial charge on any atom is 0.269 e. The topological polar surface area (TPSA) is 43.1 Å². The van der Waals surface area contributed by atoms with Crippen LogP contribution in [-0.4, -0.2) is 4.92 Å². The van der Waals surface area contributed by atoms with E-state index in [1.807, 2.05) is 48.5 Å². The van der Waals surface area contributed by atoms with E-state index in [1.54, 1.807) is 12.1 Å². The number of benzene rings is 3. The number of nitro benzene ring substituents is 1. The molecule has 0 saturated heterocycles. The highest BCUT2D eigenvalue weighted by molar-refractivity contribution is 5.70. The van der Waals surface area contributed by atoms with Crippen LogP contribution < -0.4 is 0 Å². The molecular weight excluding hydrogens is 262 g/mol. The van der Waals surface area contributed by atoms with Gasteiger partial charge in [0.2, 0.25) is 0 Å². The second kappa shape index (κ2) is 5.59. The Bertz CT molecular complexity index is 747. The van der Waals surface area contributed by atoms with Gasteiger partial charge in [-0.3, -0.25) is 10.1 Å². The van der Waals surface area contributed by atoms with Crippen LogP contribution in [-0.2, 0) is 0 Å². The summed E-state index contributed by atoms with van der Waals surface area (Å²) in [6.45, 7) is 0. The van der Waals surface area contributed by atoms with Gasteiger partial charge < -0.3 is 0 Å². The van der Waals surface area contributed by atoms with Gasteiger partial charge >= 0.3 is 0 Å². The van der Waals surface area contributed by atoms with Gasteiger partial charge in [-0.25, -0.2) is 0 Å². The lowest BCUT2D eigenvalue weighted by atomic mass is 10.0. The first-order valence-electron chi connectivity index (χ1n) is 6.55. The van der Waals surface area contributed by atoms with Crippen molar-refractivity contribution in [2.45, 2.75) is 0 Å². The molecule has 0 bridgehead atoms. The van der Waals surface area contributed by atoms with Crippen LogP contribution in [0.1, 0.15) is 0 Å². The Morgan fingerprint density at radius 3 is 1.48 bits per heavy atom. The minimum atomic E-state index is -0.390. The number of hydrogen-bond acceptors (Lipinski definition) is 2. The molecule has 0 aliphatic rings. The van der Waals surface area contributed by atoms with Crippen molar-refractivity contribution in [3.05, 3.63) is 89.0 Å². The smallest absolute Gasteiger partial charge is 0.258 e. The molecule has 0 fully saturated rings. The van der Waals surface area contributed by atoms with Crippen LogP contribution in [0.5, 0.6) is 0 Å². The summed E-state index contributed by atoms with van der Waals surface area (Å²) in [5, 5.41) is 10.7. The third-order valence-electron chi connectivity index (χ3n) is 3.35. The Kier molecular flexibility index (Phi) is 3.48. The Hall–Kier alpha value is -2.94. The summed E-state index contributed by atoms with van der Waals surface area (Å²) in [7, 11) is 0. The summed E-state index contributed by atoms with van der Waals surface area (Å²) < 4.78 is 0. The molecule has 0 spiro atoms. The molecule has 101 valence electrons. The van der Waals surface area contributed by atoms with Crippen LogP contribution in [0.15, 0.2) is 72.8 Å². The van der Waals surface area contributed by atoms with E-state index in [9.17, 15) is 10.1 Å². The first kappa shape index (κ1) is 13.1. The molecule has 0 aliphatic carbocycles. The van der Waals surface area contributed by atoms with Gasteiger partial charge in [-0.05, 0) is 40.5 Å². The SMILES string of the molecule is O=[N+]([O-])c1ccc(-c2ccc(-c3cc[c]cc3)cc2)cc1. The zero-order valence-corrected chi connectivity index (χ0v) is 11.2. The van der Waals surface area contributed by atoms with Gasteiger partial charge in [0.15, 0.2) is 0 Å². The molecule has 0 saturated carbocycles. The zero-order chi connectivity index (χ0) is 14.7. The van der Waals surface area contributed by atoms with Gasteiger partial charge in [-0.15, -0.1) is 0 Å². The van der Waals surface area contributed by atoms with E-state index in [2.05, 4.69) is 6.07 Å². The lowest BCUT2D eigenvalue weighted by Crippen LogP contribution is -1.87. The lowest BCUT2D eigenvalue weighted by molar-refractivity contribution is -0.384. The molecule has 0 N–H and O–H groups in total. The van der Waals surface area contributed by atoms with Crippen molar-refractivity contribution < 1.29 is 4.92 Å². The molecule has 3 aromatic rings. The predicted octanol–water partition coefficient (Wildman–Crippen LogP) is 4.73. The Morgan fingerprint density at radius 1 is 0.667 bits per heavy atom. The third kappa shape index (κ3) is 2.82. The molecule has 3 rings (SSSR count). The summed E-state index contributed by atoms with van der Waals surface area (Å²) in [5.41, 5.74) is 4.39. The van der Waals surface area contributed by atoms with Crippen LogP contribution >= 0.6 is 0 Å². The third-order valence-corrected chi connectivity index (χ3v) is 3.35. The van der Waals surface area contributed by atoms with Crippen molar-refractivity contribution in [1.29, 1.82) is 0 Å². The van der Waals surface area contributed by atoms with Crippen LogP contribution in [0.4, 0.5) is 5.69 Å². The molecule has 3 heteroatoms. The van der Waals surface area contributed by atoms with Crippen molar-refractivity contribution in [3.63, 3.8) is 0 Å². The predicted molar refractivity (Wildman–Crippen MR) is 82.8 cm³/mol. The molecule has 21 heavy (non-hydrogen) atoms. The van der Waals surface area contributed by atoms with E-state index >= 15 is 0 Å². The van der Waals surface area contributed by atoms with E-state index in [4.69, 9.17) is 0 Å². The van der Waals surface area contributed by atoms with E-state index in [-0.39, 0.29) is 10.6 Å². The molecule has 0 heterocycles. The van der Waals surface area contributed by atoms with Gasteiger partial charge in [-0.2, -0.15) is 0 Å². The van der Waals surface area contributed by atoms with Crippen molar-refractivity contribution in [2.75, 3.05) is 0 Å². The van der Waals surface area contributed by atoms with Crippen LogP contribution in [0.25, 0.3) is 22.3 Å². The van der Waals surface area contributed by atoms with Gasteiger partial charge in [0, 0.05) is 12.1 Å². The standard InChI is InChI=1S/C18H12NO2/c20-19(21)18-12-10-17(11-13-18)16-8-6-15(7-9-16)14-4-2-1-3-5-14/h2-13H. The molecule has 0 unspecified atom stereocenters. The van der Waals surface area contributed by atoms with Gasteiger partial charge in [0.25, 0.3) is 5.69 Å². The highest BCUT2D eigenvalue weighted by Gasteiger charge is 2.05. The molecule has 0 atom stereocenters. The minimum Gasteiger partial charge on any atom is -0.258 e. The zero-order valence-electron chi connectivity index (χ0n) is 11.2. The van der Waals surface area contributed by atoms with E-state index in [0.717, 1.165) is 22.3 Å². The number of non-ortho nitro benzene ring substituents is 1. The van der Waals surface area contributed by atoms with Gasteiger partial charge in [0.05, 0.1) is 4.92 Å². The Labute approximate surface area is 122 Å². The fourth-order valence-electron chi connectivity index (χ4n) is 2.21. The summed E-state index contributed by atoms with van der Waals surface area (Å²) >= 11 is 0. The fraction of sp³-hybridized carbons (Fsp3) is 0. The van der Waals surface area contributed by atoms with Crippen molar-refractivity contribution in [2.24, 2.45) is 0 Å². The van der Waals surface area contributed by atoms with Crippen LogP contribution in [0, 0.1) is 16.2 Å². The molecule has 0 aliphatic heterocycles. The minimum absolute atomic E-state index is 0.107. The average Bonchev–Trinajstić information content (AvgIpc) is 2.56. The highest BCUT2D eigenvalue weighted by Crippen LogP contribution is 2.26. The van der Waals surface area contributed by atoms with E-state index in [0.29, 0.717) is 0 Å².